The number of hydrazine groups is 1. The molecule has 2 fully saturated rings. The Bertz CT molecular complexity index is 447. The Morgan fingerprint density at radius 2 is 2.15 bits per heavy atom. The van der Waals surface area contributed by atoms with Gasteiger partial charge in [0.1, 0.15) is 0 Å². The molecule has 1 aromatic heterocycles. The molecule has 0 aliphatic heterocycles. The highest BCUT2D eigenvalue weighted by Crippen LogP contribution is 2.60. The number of aromatic nitrogens is 2. The number of ether oxygens (including phenoxy) is 1. The summed E-state index contributed by atoms with van der Waals surface area (Å²) < 4.78 is 7.57. The first-order chi connectivity index (χ1) is 9.81. The molecule has 0 spiro atoms. The number of aryl methyl sites for hydroxylation is 1. The van der Waals surface area contributed by atoms with Crippen LogP contribution in [0.3, 0.4) is 0 Å². The maximum atomic E-state index is 5.90. The second-order valence-corrected chi connectivity index (χ2v) is 6.16. The third-order valence-corrected chi connectivity index (χ3v) is 5.08. The molecular formula is C15H26N4O. The number of fused-ring (bicyclic) bond motifs is 1. The predicted molar refractivity (Wildman–Crippen MR) is 78.1 cm³/mol. The number of nitrogens with zero attached hydrogens (tertiary/aromatic N) is 2. The lowest BCUT2D eigenvalue weighted by Crippen LogP contribution is -2.32. The summed E-state index contributed by atoms with van der Waals surface area (Å²) in [6.45, 7) is 3.08. The van der Waals surface area contributed by atoms with Gasteiger partial charge in [-0.05, 0) is 37.0 Å². The first-order valence-corrected chi connectivity index (χ1v) is 7.87. The van der Waals surface area contributed by atoms with Gasteiger partial charge in [-0.15, -0.1) is 0 Å². The Kier molecular flexibility index (Phi) is 3.98. The van der Waals surface area contributed by atoms with E-state index in [1.807, 2.05) is 6.20 Å². The van der Waals surface area contributed by atoms with E-state index in [9.17, 15) is 0 Å². The monoisotopic (exact) mass is 278 g/mol. The summed E-state index contributed by atoms with van der Waals surface area (Å²) in [5.41, 5.74) is 4.19. The summed E-state index contributed by atoms with van der Waals surface area (Å²) >= 11 is 0. The van der Waals surface area contributed by atoms with E-state index in [0.29, 0.717) is 5.92 Å². The highest BCUT2D eigenvalue weighted by molar-refractivity contribution is 5.31. The van der Waals surface area contributed by atoms with Crippen molar-refractivity contribution < 1.29 is 4.74 Å². The van der Waals surface area contributed by atoms with E-state index in [4.69, 9.17) is 10.6 Å². The van der Waals surface area contributed by atoms with Crippen LogP contribution in [0, 0.1) is 17.8 Å². The van der Waals surface area contributed by atoms with Crippen LogP contribution in [0.4, 0.5) is 0 Å². The lowest BCUT2D eigenvalue weighted by molar-refractivity contribution is 0.369. The lowest BCUT2D eigenvalue weighted by Gasteiger charge is -2.19. The molecule has 5 nitrogen and oxygen atoms in total. The van der Waals surface area contributed by atoms with Gasteiger partial charge in [0, 0.05) is 6.54 Å². The zero-order valence-corrected chi connectivity index (χ0v) is 12.5. The van der Waals surface area contributed by atoms with Crippen molar-refractivity contribution in [3.8, 4) is 5.75 Å². The zero-order valence-electron chi connectivity index (χ0n) is 12.5. The van der Waals surface area contributed by atoms with E-state index in [1.165, 1.54) is 25.7 Å². The van der Waals surface area contributed by atoms with Gasteiger partial charge < -0.3 is 4.74 Å². The molecule has 0 aromatic carbocycles. The molecule has 20 heavy (non-hydrogen) atoms. The van der Waals surface area contributed by atoms with E-state index in [-0.39, 0.29) is 6.04 Å². The molecule has 112 valence electrons. The van der Waals surface area contributed by atoms with E-state index >= 15 is 0 Å². The Hall–Kier alpha value is -1.07. The van der Waals surface area contributed by atoms with Crippen LogP contribution in [-0.4, -0.2) is 16.9 Å². The van der Waals surface area contributed by atoms with Crippen LogP contribution in [-0.2, 0) is 6.54 Å². The Labute approximate surface area is 120 Å². The van der Waals surface area contributed by atoms with Crippen molar-refractivity contribution in [3.63, 3.8) is 0 Å². The van der Waals surface area contributed by atoms with Gasteiger partial charge in [0.2, 0.25) is 0 Å². The molecule has 0 amide bonds. The molecule has 0 saturated heterocycles. The molecule has 0 radical (unpaired) electrons. The van der Waals surface area contributed by atoms with Gasteiger partial charge in [0.15, 0.2) is 5.75 Å². The Balaban J connectivity index is 1.87. The second-order valence-electron chi connectivity index (χ2n) is 6.16. The van der Waals surface area contributed by atoms with E-state index < -0.39 is 0 Å². The van der Waals surface area contributed by atoms with Gasteiger partial charge in [0.25, 0.3) is 0 Å². The molecule has 2 aliphatic rings. The summed E-state index contributed by atoms with van der Waals surface area (Å²) in [6, 6.07) is 0.173. The van der Waals surface area contributed by atoms with Crippen LogP contribution >= 0.6 is 0 Å². The summed E-state index contributed by atoms with van der Waals surface area (Å²) in [5, 5.41) is 4.47. The standard InChI is InChI=1S/C15H26N4O/c1-3-8-19-15(12(20-2)9-17-19)14(18-16)13-10-6-4-5-7-11(10)13/h9-11,13-14,18H,3-8,16H2,1-2H3. The average Bonchev–Trinajstić information content (AvgIpc) is 3.06. The summed E-state index contributed by atoms with van der Waals surface area (Å²) in [7, 11) is 1.71. The fraction of sp³-hybridized carbons (Fsp3) is 0.800. The number of rotatable bonds is 6. The Morgan fingerprint density at radius 3 is 2.70 bits per heavy atom. The maximum absolute atomic E-state index is 5.90. The van der Waals surface area contributed by atoms with Gasteiger partial charge in [-0.1, -0.05) is 19.8 Å². The minimum absolute atomic E-state index is 0.173. The van der Waals surface area contributed by atoms with Crippen molar-refractivity contribution in [2.24, 2.45) is 23.6 Å². The van der Waals surface area contributed by atoms with Crippen LogP contribution < -0.4 is 16.0 Å². The first kappa shape index (κ1) is 13.9. The molecule has 3 atom stereocenters. The molecule has 5 heteroatoms. The summed E-state index contributed by atoms with van der Waals surface area (Å²) in [5.74, 6) is 9.12. The van der Waals surface area contributed by atoms with Gasteiger partial charge in [-0.2, -0.15) is 5.10 Å². The predicted octanol–water partition coefficient (Wildman–Crippen LogP) is 2.24. The second kappa shape index (κ2) is 5.74. The van der Waals surface area contributed by atoms with Crippen molar-refractivity contribution in [3.05, 3.63) is 11.9 Å². The topological polar surface area (TPSA) is 65.1 Å². The van der Waals surface area contributed by atoms with Crippen LogP contribution in [0.25, 0.3) is 0 Å². The number of nitrogens with one attached hydrogen (secondary N) is 1. The summed E-state index contributed by atoms with van der Waals surface area (Å²) in [6.07, 6.45) is 8.35. The SMILES string of the molecule is CCCn1ncc(OC)c1C(NN)C1C2CCCCC21. The molecule has 3 rings (SSSR count). The fourth-order valence-electron chi connectivity index (χ4n) is 4.15. The smallest absolute Gasteiger partial charge is 0.161 e. The van der Waals surface area contributed by atoms with E-state index in [1.54, 1.807) is 7.11 Å². The third kappa shape index (κ3) is 2.23. The van der Waals surface area contributed by atoms with Crippen molar-refractivity contribution in [2.45, 2.75) is 51.6 Å². The highest BCUT2D eigenvalue weighted by Gasteiger charge is 2.55. The number of methoxy groups -OCH3 is 1. The van der Waals surface area contributed by atoms with Crippen molar-refractivity contribution in [1.82, 2.24) is 15.2 Å². The largest absolute Gasteiger partial charge is 0.493 e. The molecular weight excluding hydrogens is 252 g/mol. The van der Waals surface area contributed by atoms with Crippen LogP contribution in [0.15, 0.2) is 6.20 Å². The summed E-state index contributed by atoms with van der Waals surface area (Å²) in [4.78, 5) is 0. The molecule has 2 aliphatic carbocycles. The lowest BCUT2D eigenvalue weighted by atomic mass is 10.0. The van der Waals surface area contributed by atoms with Gasteiger partial charge in [-0.25, -0.2) is 0 Å². The minimum Gasteiger partial charge on any atom is -0.493 e. The van der Waals surface area contributed by atoms with Gasteiger partial charge in [-0.3, -0.25) is 16.0 Å². The molecule has 2 saturated carbocycles. The molecule has 3 unspecified atom stereocenters. The molecule has 0 bridgehead atoms. The van der Waals surface area contributed by atoms with Crippen LogP contribution in [0.5, 0.6) is 5.75 Å². The van der Waals surface area contributed by atoms with Crippen molar-refractivity contribution in [1.29, 1.82) is 0 Å². The quantitative estimate of drug-likeness (QED) is 0.619. The van der Waals surface area contributed by atoms with Crippen molar-refractivity contribution in [2.75, 3.05) is 7.11 Å². The number of nitrogens with two attached hydrogens (primary N) is 1. The molecule has 1 aromatic rings. The zero-order chi connectivity index (χ0) is 14.1. The molecule has 3 N–H and O–H groups in total. The third-order valence-electron chi connectivity index (χ3n) is 5.08. The maximum Gasteiger partial charge on any atom is 0.161 e. The average molecular weight is 278 g/mol. The minimum atomic E-state index is 0.173. The number of hydrogen-bond donors (Lipinski definition) is 2. The van der Waals surface area contributed by atoms with Crippen molar-refractivity contribution >= 4 is 0 Å². The van der Waals surface area contributed by atoms with Gasteiger partial charge >= 0.3 is 0 Å². The molecule has 1 heterocycles. The fourth-order valence-corrected chi connectivity index (χ4v) is 4.15. The van der Waals surface area contributed by atoms with Gasteiger partial charge in [0.05, 0.1) is 25.0 Å². The number of hydrogen-bond acceptors (Lipinski definition) is 4. The van der Waals surface area contributed by atoms with Crippen LogP contribution in [0.1, 0.15) is 50.8 Å². The van der Waals surface area contributed by atoms with Crippen LogP contribution in [0.2, 0.25) is 0 Å². The van der Waals surface area contributed by atoms with E-state index in [0.717, 1.165) is 36.2 Å². The normalized spacial score (nSPS) is 29.9. The van der Waals surface area contributed by atoms with E-state index in [2.05, 4.69) is 22.1 Å². The highest BCUT2D eigenvalue weighted by atomic mass is 16.5. The first-order valence-electron chi connectivity index (χ1n) is 7.87. The Morgan fingerprint density at radius 1 is 1.45 bits per heavy atom.